The van der Waals surface area contributed by atoms with E-state index < -0.39 is 0 Å². The average Bonchev–Trinajstić information content (AvgIpc) is 2.30. The number of hydrogen-bond acceptors (Lipinski definition) is 2. The number of guanidine groups is 1. The lowest BCUT2D eigenvalue weighted by Crippen LogP contribution is -2.58. The number of benzene rings is 1. The Morgan fingerprint density at radius 3 is 2.39 bits per heavy atom. The molecule has 0 saturated carbocycles. The van der Waals surface area contributed by atoms with Gasteiger partial charge in [0.15, 0.2) is 0 Å². The standard InChI is InChI=1S/C12H16N4O.ClH/c1-8-5-4-6-9(2)10(8)16-7-14-11(13-3)15-12(16)17;/h4-6H,7H2,1-3H3,(H2,13,14,15,17);1H. The van der Waals surface area contributed by atoms with Gasteiger partial charge in [0.05, 0.1) is 12.4 Å². The minimum Gasteiger partial charge on any atom is -0.338 e. The molecule has 0 aliphatic carbocycles. The van der Waals surface area contributed by atoms with Crippen molar-refractivity contribution in [3.8, 4) is 0 Å². The number of anilines is 1. The molecule has 5 nitrogen and oxygen atoms in total. The molecule has 98 valence electrons. The summed E-state index contributed by atoms with van der Waals surface area (Å²) in [6, 6.07) is 5.84. The third-order valence-electron chi connectivity index (χ3n) is 2.81. The third kappa shape index (κ3) is 2.56. The Kier molecular flexibility index (Phi) is 4.55. The van der Waals surface area contributed by atoms with Crippen molar-refractivity contribution in [2.45, 2.75) is 13.8 Å². The van der Waals surface area contributed by atoms with Crippen molar-refractivity contribution in [3.05, 3.63) is 29.3 Å². The summed E-state index contributed by atoms with van der Waals surface area (Å²) in [7, 11) is 1.64. The highest BCUT2D eigenvalue weighted by atomic mass is 35.5. The Morgan fingerprint density at radius 1 is 1.28 bits per heavy atom. The molecule has 0 radical (unpaired) electrons. The van der Waals surface area contributed by atoms with Crippen molar-refractivity contribution < 1.29 is 4.79 Å². The van der Waals surface area contributed by atoms with Gasteiger partial charge in [-0.3, -0.25) is 15.2 Å². The van der Waals surface area contributed by atoms with Gasteiger partial charge in [0.1, 0.15) is 0 Å². The SMILES string of the molecule is CN=C1NCN(c2c(C)cccc2C)C(=O)N1.Cl. The van der Waals surface area contributed by atoms with Gasteiger partial charge in [-0.2, -0.15) is 0 Å². The Bertz CT molecular complexity index is 467. The molecule has 0 unspecified atom stereocenters. The van der Waals surface area contributed by atoms with Crippen LogP contribution in [0.3, 0.4) is 0 Å². The van der Waals surface area contributed by atoms with Crippen LogP contribution in [0.5, 0.6) is 0 Å². The molecule has 0 bridgehead atoms. The zero-order chi connectivity index (χ0) is 12.4. The fourth-order valence-electron chi connectivity index (χ4n) is 1.99. The lowest BCUT2D eigenvalue weighted by atomic mass is 10.1. The molecular weight excluding hydrogens is 252 g/mol. The predicted octanol–water partition coefficient (Wildman–Crippen LogP) is 1.79. The molecule has 1 aromatic carbocycles. The zero-order valence-electron chi connectivity index (χ0n) is 10.7. The largest absolute Gasteiger partial charge is 0.338 e. The van der Waals surface area contributed by atoms with Gasteiger partial charge in [0, 0.05) is 7.05 Å². The molecule has 2 amide bonds. The van der Waals surface area contributed by atoms with Gasteiger partial charge in [-0.15, -0.1) is 12.4 Å². The summed E-state index contributed by atoms with van der Waals surface area (Å²) in [5.74, 6) is 0.512. The molecule has 2 N–H and O–H groups in total. The number of aliphatic imine (C=N–C) groups is 1. The first-order valence-electron chi connectivity index (χ1n) is 5.49. The number of nitrogens with zero attached hydrogens (tertiary/aromatic N) is 2. The molecule has 2 rings (SSSR count). The highest BCUT2D eigenvalue weighted by molar-refractivity contribution is 6.06. The number of urea groups is 1. The average molecular weight is 269 g/mol. The predicted molar refractivity (Wildman–Crippen MR) is 75.5 cm³/mol. The van der Waals surface area contributed by atoms with Gasteiger partial charge < -0.3 is 5.32 Å². The van der Waals surface area contributed by atoms with E-state index in [4.69, 9.17) is 0 Å². The monoisotopic (exact) mass is 268 g/mol. The number of hydrogen-bond donors (Lipinski definition) is 2. The molecule has 1 fully saturated rings. The molecule has 1 heterocycles. The zero-order valence-corrected chi connectivity index (χ0v) is 11.5. The number of rotatable bonds is 1. The number of carbonyl (C=O) groups is 1. The van der Waals surface area contributed by atoms with Crippen LogP contribution in [0.25, 0.3) is 0 Å². The van der Waals surface area contributed by atoms with E-state index in [0.29, 0.717) is 12.6 Å². The van der Waals surface area contributed by atoms with Gasteiger partial charge in [-0.25, -0.2) is 4.79 Å². The molecule has 1 aliphatic rings. The number of amides is 2. The second kappa shape index (κ2) is 5.73. The maximum absolute atomic E-state index is 12.0. The minimum absolute atomic E-state index is 0. The normalized spacial score (nSPS) is 16.9. The highest BCUT2D eigenvalue weighted by Gasteiger charge is 2.24. The molecule has 0 aromatic heterocycles. The number of carbonyl (C=O) groups excluding carboxylic acids is 1. The summed E-state index contributed by atoms with van der Waals surface area (Å²) in [6.45, 7) is 4.43. The molecule has 0 spiro atoms. The molecule has 1 aliphatic heterocycles. The van der Waals surface area contributed by atoms with Gasteiger partial charge in [0.25, 0.3) is 0 Å². The van der Waals surface area contributed by atoms with Crippen LogP contribution in [-0.4, -0.2) is 25.7 Å². The van der Waals surface area contributed by atoms with E-state index in [1.54, 1.807) is 11.9 Å². The maximum Gasteiger partial charge on any atom is 0.330 e. The van der Waals surface area contributed by atoms with E-state index in [1.165, 1.54) is 0 Å². The van der Waals surface area contributed by atoms with Gasteiger partial charge in [0.2, 0.25) is 5.96 Å². The molecule has 18 heavy (non-hydrogen) atoms. The summed E-state index contributed by atoms with van der Waals surface area (Å²) < 4.78 is 0. The Hall–Kier alpha value is -1.75. The van der Waals surface area contributed by atoms with Crippen LogP contribution < -0.4 is 15.5 Å². The summed E-state index contributed by atoms with van der Waals surface area (Å²) in [6.07, 6.45) is 0. The van der Waals surface area contributed by atoms with Gasteiger partial charge in [-0.05, 0) is 25.0 Å². The summed E-state index contributed by atoms with van der Waals surface area (Å²) in [5, 5.41) is 5.74. The summed E-state index contributed by atoms with van der Waals surface area (Å²) >= 11 is 0. The first kappa shape index (κ1) is 14.3. The van der Waals surface area contributed by atoms with E-state index in [9.17, 15) is 4.79 Å². The lowest BCUT2D eigenvalue weighted by Gasteiger charge is -2.31. The fraction of sp³-hybridized carbons (Fsp3) is 0.333. The highest BCUT2D eigenvalue weighted by Crippen LogP contribution is 2.24. The molecule has 0 atom stereocenters. The second-order valence-electron chi connectivity index (χ2n) is 4.01. The van der Waals surface area contributed by atoms with Crippen LogP contribution in [0.2, 0.25) is 0 Å². The number of para-hydroxylation sites is 1. The maximum atomic E-state index is 12.0. The molecular formula is C12H17ClN4O. The van der Waals surface area contributed by atoms with Crippen molar-refractivity contribution >= 4 is 30.1 Å². The topological polar surface area (TPSA) is 56.7 Å². The molecule has 6 heteroatoms. The first-order chi connectivity index (χ1) is 8.13. The Balaban J connectivity index is 0.00000162. The van der Waals surface area contributed by atoms with Crippen molar-refractivity contribution in [1.29, 1.82) is 0 Å². The van der Waals surface area contributed by atoms with Crippen molar-refractivity contribution in [2.75, 3.05) is 18.6 Å². The number of halogens is 1. The van der Waals surface area contributed by atoms with Gasteiger partial charge in [-0.1, -0.05) is 18.2 Å². The number of aryl methyl sites for hydroxylation is 2. The minimum atomic E-state index is -0.151. The first-order valence-corrected chi connectivity index (χ1v) is 5.49. The van der Waals surface area contributed by atoms with Crippen molar-refractivity contribution in [3.63, 3.8) is 0 Å². The summed E-state index contributed by atoms with van der Waals surface area (Å²) in [4.78, 5) is 17.6. The van der Waals surface area contributed by atoms with E-state index in [-0.39, 0.29) is 18.4 Å². The van der Waals surface area contributed by atoms with Crippen LogP contribution in [0.4, 0.5) is 10.5 Å². The quantitative estimate of drug-likeness (QED) is 0.816. The van der Waals surface area contributed by atoms with Crippen LogP contribution in [0.15, 0.2) is 23.2 Å². The second-order valence-corrected chi connectivity index (χ2v) is 4.01. The van der Waals surface area contributed by atoms with Crippen LogP contribution in [-0.2, 0) is 0 Å². The Morgan fingerprint density at radius 2 is 1.89 bits per heavy atom. The molecule has 1 saturated heterocycles. The van der Waals surface area contributed by atoms with Crippen LogP contribution in [0, 0.1) is 13.8 Å². The van der Waals surface area contributed by atoms with Crippen molar-refractivity contribution in [1.82, 2.24) is 10.6 Å². The van der Waals surface area contributed by atoms with E-state index >= 15 is 0 Å². The van der Waals surface area contributed by atoms with Crippen molar-refractivity contribution in [2.24, 2.45) is 4.99 Å². The smallest absolute Gasteiger partial charge is 0.330 e. The Labute approximate surface area is 113 Å². The number of nitrogens with one attached hydrogen (secondary N) is 2. The van der Waals surface area contributed by atoms with E-state index in [2.05, 4.69) is 15.6 Å². The van der Waals surface area contributed by atoms with E-state index in [0.717, 1.165) is 16.8 Å². The van der Waals surface area contributed by atoms with Crippen LogP contribution in [0.1, 0.15) is 11.1 Å². The van der Waals surface area contributed by atoms with Crippen LogP contribution >= 0.6 is 12.4 Å². The third-order valence-corrected chi connectivity index (χ3v) is 2.81. The molecule has 1 aromatic rings. The fourth-order valence-corrected chi connectivity index (χ4v) is 1.99. The summed E-state index contributed by atoms with van der Waals surface area (Å²) in [5.41, 5.74) is 3.12. The van der Waals surface area contributed by atoms with Gasteiger partial charge >= 0.3 is 6.03 Å². The van der Waals surface area contributed by atoms with E-state index in [1.807, 2.05) is 32.0 Å². The lowest BCUT2D eigenvalue weighted by molar-refractivity contribution is 0.248.